The van der Waals surface area contributed by atoms with Crippen molar-refractivity contribution in [2.45, 2.75) is 31.8 Å². The molecule has 132 valence electrons. The maximum absolute atomic E-state index is 13.9. The van der Waals surface area contributed by atoms with Gasteiger partial charge in [0, 0.05) is 12.1 Å². The van der Waals surface area contributed by atoms with Crippen LogP contribution in [0.25, 0.3) is 0 Å². The number of carboxylic acid groups (broad SMARTS) is 1. The van der Waals surface area contributed by atoms with Crippen LogP contribution in [-0.2, 0) is 4.79 Å². The quantitative estimate of drug-likeness (QED) is 0.865. The van der Waals surface area contributed by atoms with E-state index in [1.807, 2.05) is 42.2 Å². The summed E-state index contributed by atoms with van der Waals surface area (Å²) < 4.78 is 19.6. The molecule has 0 bridgehead atoms. The van der Waals surface area contributed by atoms with Crippen molar-refractivity contribution in [3.63, 3.8) is 0 Å². The van der Waals surface area contributed by atoms with Gasteiger partial charge in [-0.3, -0.25) is 9.69 Å². The molecule has 2 aromatic carbocycles. The topological polar surface area (TPSA) is 49.8 Å². The lowest BCUT2D eigenvalue weighted by molar-refractivity contribution is -0.142. The number of carbonyl (C=O) groups is 1. The summed E-state index contributed by atoms with van der Waals surface area (Å²) in [7, 11) is 0. The molecule has 0 amide bonds. The fraction of sp³-hybridized carbons (Fsp3) is 0.350. The highest BCUT2D eigenvalue weighted by atomic mass is 19.1. The zero-order valence-corrected chi connectivity index (χ0v) is 14.2. The third-order valence-corrected chi connectivity index (χ3v) is 4.59. The van der Waals surface area contributed by atoms with Gasteiger partial charge in [-0.05, 0) is 43.5 Å². The summed E-state index contributed by atoms with van der Waals surface area (Å²) in [4.78, 5) is 13.6. The molecule has 25 heavy (non-hydrogen) atoms. The molecule has 5 heteroatoms. The van der Waals surface area contributed by atoms with Crippen LogP contribution >= 0.6 is 0 Å². The molecule has 1 heterocycles. The monoisotopic (exact) mass is 343 g/mol. The largest absolute Gasteiger partial charge is 0.494 e. The van der Waals surface area contributed by atoms with Crippen molar-refractivity contribution in [2.24, 2.45) is 0 Å². The Balaban J connectivity index is 2.11. The minimum Gasteiger partial charge on any atom is -0.494 e. The van der Waals surface area contributed by atoms with E-state index in [0.717, 1.165) is 17.5 Å². The first-order valence-electron chi connectivity index (χ1n) is 8.57. The zero-order chi connectivity index (χ0) is 17.8. The summed E-state index contributed by atoms with van der Waals surface area (Å²) in [5.74, 6) is -0.467. The first kappa shape index (κ1) is 17.4. The third-order valence-electron chi connectivity index (χ3n) is 4.59. The number of hydrogen-bond donors (Lipinski definition) is 1. The third kappa shape index (κ3) is 3.66. The van der Waals surface area contributed by atoms with Crippen molar-refractivity contribution < 1.29 is 19.0 Å². The normalized spacial score (nSPS) is 18.9. The molecule has 0 aromatic heterocycles. The molecular weight excluding hydrogens is 321 g/mol. The highest BCUT2D eigenvalue weighted by Gasteiger charge is 2.37. The Hall–Kier alpha value is -2.40. The fourth-order valence-corrected chi connectivity index (χ4v) is 3.58. The van der Waals surface area contributed by atoms with Gasteiger partial charge >= 0.3 is 5.97 Å². The van der Waals surface area contributed by atoms with Crippen molar-refractivity contribution in [1.82, 2.24) is 4.90 Å². The van der Waals surface area contributed by atoms with E-state index >= 15 is 0 Å². The second-order valence-electron chi connectivity index (χ2n) is 6.16. The number of rotatable bonds is 6. The van der Waals surface area contributed by atoms with Crippen LogP contribution in [-0.4, -0.2) is 35.2 Å². The smallest absolute Gasteiger partial charge is 0.320 e. The number of halogens is 1. The highest BCUT2D eigenvalue weighted by Crippen LogP contribution is 2.39. The summed E-state index contributed by atoms with van der Waals surface area (Å²) in [6.07, 6.45) is 1.40. The van der Waals surface area contributed by atoms with E-state index in [2.05, 4.69) is 0 Å². The summed E-state index contributed by atoms with van der Waals surface area (Å²) in [5, 5.41) is 9.61. The molecule has 0 aliphatic carbocycles. The Labute approximate surface area is 146 Å². The van der Waals surface area contributed by atoms with Crippen LogP contribution in [0.2, 0.25) is 0 Å². The van der Waals surface area contributed by atoms with Crippen molar-refractivity contribution in [1.29, 1.82) is 0 Å². The molecule has 4 nitrogen and oxygen atoms in total. The lowest BCUT2D eigenvalue weighted by Crippen LogP contribution is -2.39. The van der Waals surface area contributed by atoms with Crippen LogP contribution in [0.3, 0.4) is 0 Å². The summed E-state index contributed by atoms with van der Waals surface area (Å²) in [6.45, 7) is 3.07. The summed E-state index contributed by atoms with van der Waals surface area (Å²) in [5.41, 5.74) is 1.60. The van der Waals surface area contributed by atoms with Gasteiger partial charge in [0.2, 0.25) is 0 Å². The van der Waals surface area contributed by atoms with Crippen molar-refractivity contribution in [3.05, 3.63) is 65.5 Å². The van der Waals surface area contributed by atoms with E-state index in [-0.39, 0.29) is 11.9 Å². The lowest BCUT2D eigenvalue weighted by atomic mass is 9.95. The molecular formula is C20H22FNO3. The van der Waals surface area contributed by atoms with Gasteiger partial charge in [0.25, 0.3) is 0 Å². The van der Waals surface area contributed by atoms with Crippen LogP contribution in [0.15, 0.2) is 48.5 Å². The zero-order valence-electron chi connectivity index (χ0n) is 14.2. The number of ether oxygens (including phenoxy) is 1. The van der Waals surface area contributed by atoms with E-state index in [4.69, 9.17) is 4.74 Å². The molecule has 2 unspecified atom stereocenters. The van der Waals surface area contributed by atoms with E-state index in [0.29, 0.717) is 25.3 Å². The Morgan fingerprint density at radius 1 is 1.32 bits per heavy atom. The van der Waals surface area contributed by atoms with Gasteiger partial charge in [-0.2, -0.15) is 0 Å². The van der Waals surface area contributed by atoms with Crippen LogP contribution < -0.4 is 4.74 Å². The average molecular weight is 343 g/mol. The summed E-state index contributed by atoms with van der Waals surface area (Å²) in [6, 6.07) is 13.0. The van der Waals surface area contributed by atoms with Crippen molar-refractivity contribution >= 4 is 5.97 Å². The van der Waals surface area contributed by atoms with E-state index in [9.17, 15) is 14.3 Å². The standard InChI is InChI=1S/C20H22FNO3/c1-2-25-18-11-4-3-9-16(18)19(14-7-5-8-15(21)13-14)22-12-6-10-17(22)20(23)24/h3-5,7-9,11,13,17,19H,2,6,10,12H2,1H3,(H,23,24). The van der Waals surface area contributed by atoms with Gasteiger partial charge in [-0.15, -0.1) is 0 Å². The van der Waals surface area contributed by atoms with Gasteiger partial charge < -0.3 is 9.84 Å². The van der Waals surface area contributed by atoms with Gasteiger partial charge in [0.15, 0.2) is 0 Å². The van der Waals surface area contributed by atoms with Crippen LogP contribution in [0, 0.1) is 5.82 Å². The minimum atomic E-state index is -0.840. The SMILES string of the molecule is CCOc1ccccc1C(c1cccc(F)c1)N1CCCC1C(=O)O. The molecule has 1 saturated heterocycles. The number of hydrogen-bond acceptors (Lipinski definition) is 3. The Bertz CT molecular complexity index is 749. The highest BCUT2D eigenvalue weighted by molar-refractivity contribution is 5.74. The molecule has 0 spiro atoms. The Kier molecular flexibility index (Phi) is 5.34. The van der Waals surface area contributed by atoms with Crippen LogP contribution in [0.5, 0.6) is 5.75 Å². The number of likely N-dealkylation sites (tertiary alicyclic amines) is 1. The molecule has 1 N–H and O–H groups in total. The van der Waals surface area contributed by atoms with Crippen molar-refractivity contribution in [2.75, 3.05) is 13.2 Å². The van der Waals surface area contributed by atoms with Crippen molar-refractivity contribution in [3.8, 4) is 5.75 Å². The number of carboxylic acids is 1. The van der Waals surface area contributed by atoms with Gasteiger partial charge in [-0.1, -0.05) is 30.3 Å². The molecule has 3 rings (SSSR count). The van der Waals surface area contributed by atoms with E-state index < -0.39 is 12.0 Å². The molecule has 2 atom stereocenters. The lowest BCUT2D eigenvalue weighted by Gasteiger charge is -2.33. The second-order valence-corrected chi connectivity index (χ2v) is 6.16. The second kappa shape index (κ2) is 7.66. The number of benzene rings is 2. The average Bonchev–Trinajstić information content (AvgIpc) is 3.07. The van der Waals surface area contributed by atoms with E-state index in [1.54, 1.807) is 6.07 Å². The Morgan fingerprint density at radius 3 is 2.84 bits per heavy atom. The predicted octanol–water partition coefficient (Wildman–Crippen LogP) is 3.86. The minimum absolute atomic E-state index is 0.331. The van der Waals surface area contributed by atoms with Gasteiger partial charge in [-0.25, -0.2) is 4.39 Å². The fourth-order valence-electron chi connectivity index (χ4n) is 3.58. The van der Waals surface area contributed by atoms with Crippen LogP contribution in [0.1, 0.15) is 36.9 Å². The number of aliphatic carboxylic acids is 1. The van der Waals surface area contributed by atoms with Gasteiger partial charge in [0.1, 0.15) is 17.6 Å². The Morgan fingerprint density at radius 2 is 2.12 bits per heavy atom. The first-order valence-corrected chi connectivity index (χ1v) is 8.57. The number of para-hydroxylation sites is 1. The van der Waals surface area contributed by atoms with Gasteiger partial charge in [0.05, 0.1) is 12.6 Å². The molecule has 1 aliphatic rings. The number of nitrogens with zero attached hydrogens (tertiary/aromatic N) is 1. The molecule has 0 radical (unpaired) electrons. The predicted molar refractivity (Wildman–Crippen MR) is 93.2 cm³/mol. The molecule has 1 aliphatic heterocycles. The van der Waals surface area contributed by atoms with Crippen LogP contribution in [0.4, 0.5) is 4.39 Å². The summed E-state index contributed by atoms with van der Waals surface area (Å²) >= 11 is 0. The molecule has 1 fully saturated rings. The maximum Gasteiger partial charge on any atom is 0.320 e. The maximum atomic E-state index is 13.9. The molecule has 2 aromatic rings. The first-order chi connectivity index (χ1) is 12.1. The van der Waals surface area contributed by atoms with E-state index in [1.165, 1.54) is 12.1 Å². The molecule has 0 saturated carbocycles.